The van der Waals surface area contributed by atoms with E-state index >= 15 is 0 Å². The molecule has 1 aromatic carbocycles. The Hall–Kier alpha value is -2.08. The molecule has 0 saturated heterocycles. The van der Waals surface area contributed by atoms with Crippen molar-refractivity contribution >= 4 is 12.0 Å². The summed E-state index contributed by atoms with van der Waals surface area (Å²) in [6, 6.07) is 8.00. The third-order valence-electron chi connectivity index (χ3n) is 3.57. The van der Waals surface area contributed by atoms with Gasteiger partial charge in [0.1, 0.15) is 6.61 Å². The Balaban J connectivity index is 1.69. The van der Waals surface area contributed by atoms with Crippen LogP contribution in [0.1, 0.15) is 17.5 Å². The Morgan fingerprint density at radius 2 is 2.00 bits per heavy atom. The van der Waals surface area contributed by atoms with E-state index in [0.717, 1.165) is 6.42 Å². The highest BCUT2D eigenvalue weighted by atomic mass is 16.6. The zero-order valence-corrected chi connectivity index (χ0v) is 12.8. The summed E-state index contributed by atoms with van der Waals surface area (Å²) in [4.78, 5) is 25.3. The molecule has 0 spiro atoms. The van der Waals surface area contributed by atoms with Crippen molar-refractivity contribution in [1.82, 2.24) is 10.2 Å². The summed E-state index contributed by atoms with van der Waals surface area (Å²) >= 11 is 0. The number of fused-ring (bicyclic) bond motifs is 1. The minimum Gasteiger partial charge on any atom is -0.463 e. The van der Waals surface area contributed by atoms with Crippen LogP contribution in [0.2, 0.25) is 0 Å². The lowest BCUT2D eigenvalue weighted by atomic mass is 10.0. The molecule has 6 nitrogen and oxygen atoms in total. The summed E-state index contributed by atoms with van der Waals surface area (Å²) in [5.74, 6) is -0.332. The van der Waals surface area contributed by atoms with Crippen molar-refractivity contribution in [2.45, 2.75) is 19.4 Å². The average Bonchev–Trinajstić information content (AvgIpc) is 2.54. The third kappa shape index (κ3) is 4.73. The molecule has 0 unspecified atom stereocenters. The molecule has 0 aromatic heterocycles. The van der Waals surface area contributed by atoms with Crippen molar-refractivity contribution in [3.05, 3.63) is 35.4 Å². The molecule has 1 heterocycles. The maximum atomic E-state index is 12.1. The van der Waals surface area contributed by atoms with Gasteiger partial charge in [-0.15, -0.1) is 0 Å². The number of carbonyl (C=O) groups excluding carboxylic acids is 2. The van der Waals surface area contributed by atoms with Crippen LogP contribution >= 0.6 is 0 Å². The molecule has 0 atom stereocenters. The second kappa shape index (κ2) is 8.38. The summed E-state index contributed by atoms with van der Waals surface area (Å²) in [6.07, 6.45) is 1.03. The lowest BCUT2D eigenvalue weighted by Gasteiger charge is -2.28. The lowest BCUT2D eigenvalue weighted by molar-refractivity contribution is -0.144. The van der Waals surface area contributed by atoms with Crippen molar-refractivity contribution < 1.29 is 19.1 Å². The van der Waals surface area contributed by atoms with Crippen LogP contribution in [0.25, 0.3) is 0 Å². The number of ether oxygens (including phenoxy) is 2. The number of hydrogen-bond donors (Lipinski definition) is 1. The van der Waals surface area contributed by atoms with Crippen LogP contribution < -0.4 is 5.32 Å². The summed E-state index contributed by atoms with van der Waals surface area (Å²) in [5, 5.41) is 2.76. The molecule has 1 aliphatic rings. The highest BCUT2D eigenvalue weighted by Crippen LogP contribution is 2.18. The Labute approximate surface area is 130 Å². The van der Waals surface area contributed by atoms with Crippen molar-refractivity contribution in [1.29, 1.82) is 0 Å². The van der Waals surface area contributed by atoms with Crippen LogP contribution in [0.5, 0.6) is 0 Å². The molecule has 0 fully saturated rings. The van der Waals surface area contributed by atoms with E-state index in [1.54, 1.807) is 12.0 Å². The molecule has 6 heteroatoms. The van der Waals surface area contributed by atoms with Gasteiger partial charge in [-0.05, 0) is 17.5 Å². The normalized spacial score (nSPS) is 13.4. The number of carbonyl (C=O) groups is 2. The van der Waals surface area contributed by atoms with Crippen LogP contribution in [0.3, 0.4) is 0 Å². The first kappa shape index (κ1) is 16.3. The fourth-order valence-corrected chi connectivity index (χ4v) is 2.36. The molecule has 1 N–H and O–H groups in total. The maximum absolute atomic E-state index is 12.1. The molecule has 1 aromatic rings. The number of hydrogen-bond acceptors (Lipinski definition) is 4. The minimum atomic E-state index is -0.332. The second-order valence-corrected chi connectivity index (χ2v) is 5.14. The molecular formula is C16H22N2O4. The molecule has 0 aliphatic carbocycles. The predicted molar refractivity (Wildman–Crippen MR) is 81.4 cm³/mol. The Kier molecular flexibility index (Phi) is 6.21. The van der Waals surface area contributed by atoms with E-state index in [2.05, 4.69) is 11.4 Å². The first-order valence-electron chi connectivity index (χ1n) is 7.45. The Morgan fingerprint density at radius 1 is 1.23 bits per heavy atom. The van der Waals surface area contributed by atoms with E-state index in [1.165, 1.54) is 11.1 Å². The standard InChI is InChI=1S/C16H22N2O4/c1-21-10-11-22-15(19)6-8-17-16(20)18-9-7-13-4-2-3-5-14(13)12-18/h2-5H,6-12H2,1H3,(H,17,20). The fourth-order valence-electron chi connectivity index (χ4n) is 2.36. The first-order chi connectivity index (χ1) is 10.7. The number of benzene rings is 1. The van der Waals surface area contributed by atoms with E-state index < -0.39 is 0 Å². The summed E-state index contributed by atoms with van der Waals surface area (Å²) in [5.41, 5.74) is 2.48. The number of urea groups is 1. The van der Waals surface area contributed by atoms with Crippen molar-refractivity contribution in [2.24, 2.45) is 0 Å². The summed E-state index contributed by atoms with van der Waals surface area (Å²) < 4.78 is 9.72. The second-order valence-electron chi connectivity index (χ2n) is 5.14. The molecule has 120 valence electrons. The van der Waals surface area contributed by atoms with Gasteiger partial charge in [0.05, 0.1) is 13.0 Å². The predicted octanol–water partition coefficient (Wildman–Crippen LogP) is 1.33. The lowest BCUT2D eigenvalue weighted by Crippen LogP contribution is -2.43. The van der Waals surface area contributed by atoms with Crippen LogP contribution in [-0.2, 0) is 27.2 Å². The smallest absolute Gasteiger partial charge is 0.317 e. The number of nitrogens with zero attached hydrogens (tertiary/aromatic N) is 1. The highest BCUT2D eigenvalue weighted by Gasteiger charge is 2.20. The Morgan fingerprint density at radius 3 is 2.77 bits per heavy atom. The van der Waals surface area contributed by atoms with E-state index in [-0.39, 0.29) is 31.6 Å². The molecular weight excluding hydrogens is 284 g/mol. The molecule has 0 radical (unpaired) electrons. The molecule has 1 aliphatic heterocycles. The topological polar surface area (TPSA) is 67.9 Å². The highest BCUT2D eigenvalue weighted by molar-refractivity contribution is 5.76. The van der Waals surface area contributed by atoms with Crippen LogP contribution in [0.15, 0.2) is 24.3 Å². The van der Waals surface area contributed by atoms with E-state index in [9.17, 15) is 9.59 Å². The van der Waals surface area contributed by atoms with Gasteiger partial charge in [-0.1, -0.05) is 24.3 Å². The van der Waals surface area contributed by atoms with E-state index in [0.29, 0.717) is 19.7 Å². The van der Waals surface area contributed by atoms with Crippen LogP contribution in [0, 0.1) is 0 Å². The van der Waals surface area contributed by atoms with E-state index in [1.807, 2.05) is 18.2 Å². The quantitative estimate of drug-likeness (QED) is 0.636. The van der Waals surface area contributed by atoms with Gasteiger partial charge in [0.15, 0.2) is 0 Å². The molecule has 0 bridgehead atoms. The van der Waals surface area contributed by atoms with Gasteiger partial charge in [-0.25, -0.2) is 4.79 Å². The monoisotopic (exact) mass is 306 g/mol. The Bertz CT molecular complexity index is 519. The van der Waals surface area contributed by atoms with Gasteiger partial charge in [0, 0.05) is 26.7 Å². The number of amides is 2. The van der Waals surface area contributed by atoms with Gasteiger partial charge >= 0.3 is 12.0 Å². The van der Waals surface area contributed by atoms with Crippen molar-refractivity contribution in [3.63, 3.8) is 0 Å². The van der Waals surface area contributed by atoms with Gasteiger partial charge < -0.3 is 19.7 Å². The number of methoxy groups -OCH3 is 1. The number of nitrogens with one attached hydrogen (secondary N) is 1. The number of rotatable bonds is 6. The van der Waals surface area contributed by atoms with Crippen molar-refractivity contribution in [2.75, 3.05) is 33.4 Å². The zero-order valence-electron chi connectivity index (χ0n) is 12.8. The molecule has 22 heavy (non-hydrogen) atoms. The summed E-state index contributed by atoms with van der Waals surface area (Å²) in [7, 11) is 1.55. The van der Waals surface area contributed by atoms with Gasteiger partial charge in [-0.2, -0.15) is 0 Å². The van der Waals surface area contributed by atoms with Crippen molar-refractivity contribution in [3.8, 4) is 0 Å². The first-order valence-corrected chi connectivity index (χ1v) is 7.45. The average molecular weight is 306 g/mol. The minimum absolute atomic E-state index is 0.140. The third-order valence-corrected chi connectivity index (χ3v) is 3.57. The number of esters is 1. The molecule has 2 amide bonds. The molecule has 0 saturated carbocycles. The maximum Gasteiger partial charge on any atom is 0.317 e. The van der Waals surface area contributed by atoms with Crippen LogP contribution in [0.4, 0.5) is 4.79 Å². The fraction of sp³-hybridized carbons (Fsp3) is 0.500. The van der Waals surface area contributed by atoms with Crippen LogP contribution in [-0.4, -0.2) is 50.3 Å². The summed E-state index contributed by atoms with van der Waals surface area (Å²) in [6.45, 7) is 2.21. The van der Waals surface area contributed by atoms with Gasteiger partial charge in [0.2, 0.25) is 0 Å². The van der Waals surface area contributed by atoms with Gasteiger partial charge in [-0.3, -0.25) is 4.79 Å². The SMILES string of the molecule is COCCOC(=O)CCNC(=O)N1CCc2ccccc2C1. The van der Waals surface area contributed by atoms with E-state index in [4.69, 9.17) is 9.47 Å². The zero-order chi connectivity index (χ0) is 15.8. The van der Waals surface area contributed by atoms with Gasteiger partial charge in [0.25, 0.3) is 0 Å². The largest absolute Gasteiger partial charge is 0.463 e. The molecule has 2 rings (SSSR count).